The molecule has 0 atom stereocenters. The minimum Gasteiger partial charge on any atom is -0.478 e. The maximum Gasteiger partial charge on any atom is 0.339 e. The first kappa shape index (κ1) is 19.1. The number of carboxylic acids is 2. The van der Waals surface area contributed by atoms with Crippen molar-refractivity contribution in [2.45, 2.75) is 12.9 Å². The van der Waals surface area contributed by atoms with Crippen LogP contribution in [-0.4, -0.2) is 41.7 Å². The molecule has 2 N–H and O–H groups in total. The highest BCUT2D eigenvalue weighted by Gasteiger charge is 2.22. The maximum absolute atomic E-state index is 12.1. The van der Waals surface area contributed by atoms with Crippen LogP contribution in [0.3, 0.4) is 0 Å². The van der Waals surface area contributed by atoms with Crippen molar-refractivity contribution in [1.82, 2.24) is 19.6 Å². The normalized spacial score (nSPS) is 10.7. The first-order chi connectivity index (χ1) is 11.0. The molecule has 0 saturated carbocycles. The van der Waals surface area contributed by atoms with Crippen molar-refractivity contribution in [2.24, 2.45) is 14.1 Å². The van der Waals surface area contributed by atoms with E-state index in [0.717, 1.165) is 21.8 Å². The Morgan fingerprint density at radius 2 is 1.17 bits per heavy atom. The second-order valence-corrected chi connectivity index (χ2v) is 4.42. The molecule has 8 nitrogen and oxygen atoms in total. The molecule has 2 aromatic heterocycles. The minimum absolute atomic E-state index is 0.451. The summed E-state index contributed by atoms with van der Waals surface area (Å²) >= 11 is 0. The molecule has 0 unspecified atom stereocenters. The minimum atomic E-state index is -2.85. The Labute approximate surface area is 131 Å². The third-order valence-corrected chi connectivity index (χ3v) is 2.59. The summed E-state index contributed by atoms with van der Waals surface area (Å²) in [6.45, 7) is 0. The first-order valence-electron chi connectivity index (χ1n) is 6.14. The molecule has 0 amide bonds. The lowest BCUT2D eigenvalue weighted by Gasteiger charge is -1.93. The van der Waals surface area contributed by atoms with Gasteiger partial charge in [0.2, 0.25) is 0 Å². The van der Waals surface area contributed by atoms with Gasteiger partial charge in [-0.2, -0.15) is 10.2 Å². The zero-order valence-electron chi connectivity index (χ0n) is 12.3. The van der Waals surface area contributed by atoms with Gasteiger partial charge in [-0.15, -0.1) is 0 Å². The number of aromatic nitrogens is 4. The molecular weight excluding hydrogens is 340 g/mol. The molecule has 0 aliphatic heterocycles. The van der Waals surface area contributed by atoms with E-state index in [1.165, 1.54) is 14.1 Å². The average molecular weight is 352 g/mol. The number of aromatic carboxylic acids is 2. The van der Waals surface area contributed by atoms with Crippen LogP contribution in [0.1, 0.15) is 45.0 Å². The van der Waals surface area contributed by atoms with E-state index in [-0.39, 0.29) is 0 Å². The summed E-state index contributed by atoms with van der Waals surface area (Å²) in [6, 6.07) is 0. The summed E-state index contributed by atoms with van der Waals surface area (Å²) in [5.74, 6) is -2.78. The van der Waals surface area contributed by atoms with Gasteiger partial charge in [-0.05, 0) is 0 Å². The van der Waals surface area contributed by atoms with Crippen LogP contribution >= 0.6 is 0 Å². The van der Waals surface area contributed by atoms with E-state index < -0.39 is 47.3 Å². The Hall–Kier alpha value is -2.92. The van der Waals surface area contributed by atoms with Gasteiger partial charge in [-0.1, -0.05) is 0 Å². The number of alkyl halides is 4. The van der Waals surface area contributed by atoms with E-state index in [0.29, 0.717) is 0 Å². The number of halogens is 4. The average Bonchev–Trinajstić information content (AvgIpc) is 3.03. The molecular formula is C12H12F4N4O4. The Bertz CT molecular complexity index is 679. The van der Waals surface area contributed by atoms with Crippen LogP contribution < -0.4 is 0 Å². The highest BCUT2D eigenvalue weighted by atomic mass is 19.3. The Kier molecular flexibility index (Phi) is 6.03. The van der Waals surface area contributed by atoms with E-state index in [1.54, 1.807) is 0 Å². The predicted molar refractivity (Wildman–Crippen MR) is 70.2 cm³/mol. The summed E-state index contributed by atoms with van der Waals surface area (Å²) in [6.07, 6.45) is -3.61. The smallest absolute Gasteiger partial charge is 0.339 e. The van der Waals surface area contributed by atoms with Crippen molar-refractivity contribution in [1.29, 1.82) is 0 Å². The first-order valence-corrected chi connectivity index (χ1v) is 6.14. The monoisotopic (exact) mass is 352 g/mol. The highest BCUT2D eigenvalue weighted by Crippen LogP contribution is 2.21. The molecule has 12 heteroatoms. The van der Waals surface area contributed by atoms with E-state index in [4.69, 9.17) is 10.2 Å². The third kappa shape index (κ3) is 4.54. The van der Waals surface area contributed by atoms with Gasteiger partial charge in [-0.25, -0.2) is 27.2 Å². The molecule has 0 aromatic carbocycles. The zero-order valence-corrected chi connectivity index (χ0v) is 12.3. The SMILES string of the molecule is Cn1cc(C(=O)O)c(C(F)F)n1.Cn1cc(C(=O)O)c(C(F)F)n1. The maximum atomic E-state index is 12.1. The number of hydrogen-bond acceptors (Lipinski definition) is 4. The van der Waals surface area contributed by atoms with Gasteiger partial charge in [0, 0.05) is 26.5 Å². The van der Waals surface area contributed by atoms with Crippen molar-refractivity contribution in [3.05, 3.63) is 34.9 Å². The van der Waals surface area contributed by atoms with Gasteiger partial charge in [-0.3, -0.25) is 9.36 Å². The molecule has 0 aliphatic rings. The van der Waals surface area contributed by atoms with E-state index >= 15 is 0 Å². The van der Waals surface area contributed by atoms with Gasteiger partial charge in [0.05, 0.1) is 0 Å². The zero-order chi connectivity index (χ0) is 18.6. The molecule has 132 valence electrons. The van der Waals surface area contributed by atoms with Gasteiger partial charge < -0.3 is 10.2 Å². The van der Waals surface area contributed by atoms with Crippen molar-refractivity contribution in [2.75, 3.05) is 0 Å². The standard InChI is InChI=1S/2C6H6F2N2O2/c2*1-10-2-3(6(11)12)4(9-10)5(7)8/h2*2,5H,1H3,(H,11,12). The van der Waals surface area contributed by atoms with Crippen LogP contribution in [0, 0.1) is 0 Å². The topological polar surface area (TPSA) is 110 Å². The summed E-state index contributed by atoms with van der Waals surface area (Å²) in [5.41, 5.74) is -2.28. The molecule has 2 rings (SSSR count). The Morgan fingerprint density at radius 3 is 1.33 bits per heavy atom. The Balaban J connectivity index is 0.000000240. The second kappa shape index (κ2) is 7.57. The van der Waals surface area contributed by atoms with Crippen LogP contribution in [0.4, 0.5) is 17.6 Å². The molecule has 0 spiro atoms. The summed E-state index contributed by atoms with van der Waals surface area (Å²) < 4.78 is 50.3. The van der Waals surface area contributed by atoms with Crippen LogP contribution in [-0.2, 0) is 14.1 Å². The fraction of sp³-hybridized carbons (Fsp3) is 0.333. The van der Waals surface area contributed by atoms with Crippen molar-refractivity contribution in [3.63, 3.8) is 0 Å². The second-order valence-electron chi connectivity index (χ2n) is 4.42. The van der Waals surface area contributed by atoms with E-state index in [2.05, 4.69) is 10.2 Å². The molecule has 24 heavy (non-hydrogen) atoms. The third-order valence-electron chi connectivity index (χ3n) is 2.59. The summed E-state index contributed by atoms with van der Waals surface area (Å²) in [4.78, 5) is 20.7. The van der Waals surface area contributed by atoms with Gasteiger partial charge in [0.15, 0.2) is 0 Å². The molecule has 0 radical (unpaired) electrons. The van der Waals surface area contributed by atoms with Crippen LogP contribution in [0.2, 0.25) is 0 Å². The van der Waals surface area contributed by atoms with Crippen LogP contribution in [0.15, 0.2) is 12.4 Å². The van der Waals surface area contributed by atoms with Gasteiger partial charge >= 0.3 is 11.9 Å². The number of rotatable bonds is 4. The quantitative estimate of drug-likeness (QED) is 0.816. The van der Waals surface area contributed by atoms with E-state index in [1.807, 2.05) is 0 Å². The summed E-state index contributed by atoms with van der Waals surface area (Å²) in [5, 5.41) is 23.5. The van der Waals surface area contributed by atoms with Crippen LogP contribution in [0.5, 0.6) is 0 Å². The predicted octanol–water partition coefficient (Wildman–Crippen LogP) is 2.11. The van der Waals surface area contributed by atoms with Crippen LogP contribution in [0.25, 0.3) is 0 Å². The fourth-order valence-corrected chi connectivity index (χ4v) is 1.66. The molecule has 0 aliphatic carbocycles. The number of carbonyl (C=O) groups is 2. The number of aryl methyl sites for hydroxylation is 2. The number of carboxylic acid groups (broad SMARTS) is 2. The highest BCUT2D eigenvalue weighted by molar-refractivity contribution is 5.89. The summed E-state index contributed by atoms with van der Waals surface area (Å²) in [7, 11) is 2.77. The van der Waals surface area contributed by atoms with Crippen molar-refractivity contribution in [3.8, 4) is 0 Å². The molecule has 2 heterocycles. The lowest BCUT2D eigenvalue weighted by atomic mass is 10.2. The molecule has 0 saturated heterocycles. The molecule has 0 fully saturated rings. The number of nitrogens with zero attached hydrogens (tertiary/aromatic N) is 4. The largest absolute Gasteiger partial charge is 0.478 e. The molecule has 2 aromatic rings. The van der Waals surface area contributed by atoms with Crippen molar-refractivity contribution >= 4 is 11.9 Å². The van der Waals surface area contributed by atoms with Gasteiger partial charge in [0.1, 0.15) is 22.5 Å². The lowest BCUT2D eigenvalue weighted by molar-refractivity contribution is 0.0675. The lowest BCUT2D eigenvalue weighted by Crippen LogP contribution is -1.99. The van der Waals surface area contributed by atoms with E-state index in [9.17, 15) is 27.2 Å². The van der Waals surface area contributed by atoms with Crippen molar-refractivity contribution < 1.29 is 37.4 Å². The molecule has 0 bridgehead atoms. The number of hydrogen-bond donors (Lipinski definition) is 2. The Morgan fingerprint density at radius 1 is 0.875 bits per heavy atom. The fourth-order valence-electron chi connectivity index (χ4n) is 1.66. The van der Waals surface area contributed by atoms with Gasteiger partial charge in [0.25, 0.3) is 12.9 Å².